The first-order chi connectivity index (χ1) is 24.1. The van der Waals surface area contributed by atoms with Crippen LogP contribution in [0.4, 0.5) is 0 Å². The lowest BCUT2D eigenvalue weighted by atomic mass is 9.65. The Kier molecular flexibility index (Phi) is 8.27. The molecule has 5 aromatic carbocycles. The summed E-state index contributed by atoms with van der Waals surface area (Å²) in [5.41, 5.74) is 14.8. The molecule has 0 bridgehead atoms. The van der Waals surface area contributed by atoms with E-state index in [2.05, 4.69) is 189 Å². The monoisotopic (exact) mass is 631 g/mol. The van der Waals surface area contributed by atoms with Crippen molar-refractivity contribution < 1.29 is 0 Å². The van der Waals surface area contributed by atoms with E-state index in [-0.39, 0.29) is 5.41 Å². The van der Waals surface area contributed by atoms with E-state index in [1.807, 2.05) is 0 Å². The minimum atomic E-state index is -0.369. The molecule has 3 unspecified atom stereocenters. The zero-order chi connectivity index (χ0) is 33.2. The van der Waals surface area contributed by atoms with Gasteiger partial charge in [-0.15, -0.1) is 0 Å². The van der Waals surface area contributed by atoms with Gasteiger partial charge in [-0.1, -0.05) is 171 Å². The van der Waals surface area contributed by atoms with Crippen molar-refractivity contribution in [1.82, 2.24) is 0 Å². The lowest BCUT2D eigenvalue weighted by Crippen LogP contribution is -2.30. The van der Waals surface area contributed by atoms with Gasteiger partial charge in [-0.05, 0) is 99.2 Å². The van der Waals surface area contributed by atoms with Gasteiger partial charge in [0.1, 0.15) is 0 Å². The summed E-state index contributed by atoms with van der Waals surface area (Å²) in [6.07, 6.45) is 19.3. The van der Waals surface area contributed by atoms with Crippen LogP contribution in [0, 0.1) is 5.92 Å². The predicted octanol–water partition coefficient (Wildman–Crippen LogP) is 12.3. The van der Waals surface area contributed by atoms with E-state index in [0.29, 0.717) is 11.8 Å². The van der Waals surface area contributed by atoms with Gasteiger partial charge in [-0.3, -0.25) is 4.99 Å². The predicted molar refractivity (Wildman–Crippen MR) is 208 cm³/mol. The van der Waals surface area contributed by atoms with Crippen LogP contribution in [0.5, 0.6) is 0 Å². The number of fused-ring (bicyclic) bond motifs is 3. The van der Waals surface area contributed by atoms with E-state index in [9.17, 15) is 0 Å². The van der Waals surface area contributed by atoms with E-state index in [1.54, 1.807) is 0 Å². The molecule has 8 rings (SSSR count). The highest BCUT2D eigenvalue weighted by Gasteiger charge is 2.47. The van der Waals surface area contributed by atoms with Crippen molar-refractivity contribution in [2.75, 3.05) is 0 Å². The second-order valence-electron chi connectivity index (χ2n) is 13.6. The fraction of sp³-hybridized carbons (Fsp3) is 0.146. The van der Waals surface area contributed by atoms with Crippen LogP contribution >= 0.6 is 0 Å². The SMILES string of the molecule is C=N/C(=C\CC1=CCC(c2ccccc2)C=C1)c1ccc(-c2ccc3c(c2)C(C2=CCC(C)C=C2)(c2ccccc2)c2ccccc2-3)cc1. The highest BCUT2D eigenvalue weighted by Crippen LogP contribution is 2.57. The zero-order valence-corrected chi connectivity index (χ0v) is 28.1. The average Bonchev–Trinajstić information content (AvgIpc) is 3.47. The largest absolute Gasteiger partial charge is 0.264 e. The number of allylic oxidation sites excluding steroid dienone is 9. The minimum absolute atomic E-state index is 0.369. The molecular formula is C48H41N. The Morgan fingerprint density at radius 1 is 0.714 bits per heavy atom. The summed E-state index contributed by atoms with van der Waals surface area (Å²) < 4.78 is 0. The van der Waals surface area contributed by atoms with Crippen molar-refractivity contribution in [3.63, 3.8) is 0 Å². The second-order valence-corrected chi connectivity index (χ2v) is 13.6. The van der Waals surface area contributed by atoms with Crippen LogP contribution in [0.2, 0.25) is 0 Å². The Bertz CT molecular complexity index is 2160. The molecule has 0 fully saturated rings. The van der Waals surface area contributed by atoms with E-state index in [0.717, 1.165) is 30.5 Å². The van der Waals surface area contributed by atoms with E-state index in [4.69, 9.17) is 0 Å². The summed E-state index contributed by atoms with van der Waals surface area (Å²) in [6.45, 7) is 6.22. The van der Waals surface area contributed by atoms with Crippen LogP contribution in [0.25, 0.3) is 28.0 Å². The molecule has 0 radical (unpaired) electrons. The first-order valence-corrected chi connectivity index (χ1v) is 17.5. The van der Waals surface area contributed by atoms with E-state index in [1.165, 1.54) is 55.7 Å². The van der Waals surface area contributed by atoms with Gasteiger partial charge in [-0.2, -0.15) is 0 Å². The number of benzene rings is 5. The lowest BCUT2D eigenvalue weighted by Gasteiger charge is -2.36. The molecule has 0 spiro atoms. The quantitative estimate of drug-likeness (QED) is 0.151. The summed E-state index contributed by atoms with van der Waals surface area (Å²) in [6, 6.07) is 46.7. The van der Waals surface area contributed by atoms with Crippen molar-refractivity contribution in [2.24, 2.45) is 10.9 Å². The van der Waals surface area contributed by atoms with Gasteiger partial charge in [0.15, 0.2) is 0 Å². The van der Waals surface area contributed by atoms with Crippen LogP contribution in [0.3, 0.4) is 0 Å². The fourth-order valence-electron chi connectivity index (χ4n) is 8.03. The van der Waals surface area contributed by atoms with Crippen molar-refractivity contribution in [1.29, 1.82) is 0 Å². The summed E-state index contributed by atoms with van der Waals surface area (Å²) in [4.78, 5) is 4.43. The highest BCUT2D eigenvalue weighted by molar-refractivity contribution is 5.89. The Balaban J connectivity index is 1.11. The molecule has 1 nitrogen and oxygen atoms in total. The molecule has 0 saturated heterocycles. The maximum absolute atomic E-state index is 4.43. The van der Waals surface area contributed by atoms with Gasteiger partial charge < -0.3 is 0 Å². The first-order valence-electron chi connectivity index (χ1n) is 17.5. The normalized spacial score (nSPS) is 21.0. The van der Waals surface area contributed by atoms with Gasteiger partial charge in [0, 0.05) is 5.92 Å². The summed E-state index contributed by atoms with van der Waals surface area (Å²) in [7, 11) is 0. The number of hydrogen-bond donors (Lipinski definition) is 0. The molecule has 1 heteroatoms. The molecule has 0 aromatic heterocycles. The maximum atomic E-state index is 4.43. The topological polar surface area (TPSA) is 12.4 Å². The smallest absolute Gasteiger partial charge is 0.0710 e. The summed E-state index contributed by atoms with van der Waals surface area (Å²) in [5, 5.41) is 0. The summed E-state index contributed by atoms with van der Waals surface area (Å²) >= 11 is 0. The van der Waals surface area contributed by atoms with Crippen LogP contribution in [0.15, 0.2) is 186 Å². The summed E-state index contributed by atoms with van der Waals surface area (Å²) in [5.74, 6) is 0.994. The average molecular weight is 632 g/mol. The third-order valence-corrected chi connectivity index (χ3v) is 10.6. The van der Waals surface area contributed by atoms with E-state index >= 15 is 0 Å². The molecule has 0 aliphatic heterocycles. The van der Waals surface area contributed by atoms with Crippen LogP contribution < -0.4 is 0 Å². The molecule has 3 aliphatic carbocycles. The molecule has 238 valence electrons. The van der Waals surface area contributed by atoms with Crippen molar-refractivity contribution in [2.45, 2.75) is 37.5 Å². The number of nitrogens with zero attached hydrogens (tertiary/aromatic N) is 1. The molecule has 3 atom stereocenters. The standard InChI is InChI=1S/C48H41N/c1-34-17-29-42(30-18-34)48(41-13-7-4-8-14-41)45-16-10-9-15-43(45)44-31-28-40(33-46(44)48)38-24-26-39(27-25-38)47(49-2)32-21-35-19-22-37(23-20-35)36-11-5-3-6-12-36/h3-17,19-20,22,24-34,37H,2,18,21,23H2,1H3/b47-32-. The molecule has 3 aliphatic rings. The molecule has 0 N–H and O–H groups in total. The van der Waals surface area contributed by atoms with Crippen LogP contribution in [0.1, 0.15) is 59.9 Å². The molecule has 0 amide bonds. The van der Waals surface area contributed by atoms with Crippen molar-refractivity contribution in [3.8, 4) is 22.3 Å². The second kappa shape index (κ2) is 13.2. The molecule has 5 aromatic rings. The maximum Gasteiger partial charge on any atom is 0.0710 e. The van der Waals surface area contributed by atoms with Gasteiger partial charge in [0.2, 0.25) is 0 Å². The number of rotatable bonds is 8. The Hall–Kier alpha value is -5.53. The number of aliphatic imine (C=N–C) groups is 1. The third kappa shape index (κ3) is 5.60. The van der Waals surface area contributed by atoms with Gasteiger partial charge in [-0.25, -0.2) is 0 Å². The van der Waals surface area contributed by atoms with Crippen LogP contribution in [-0.2, 0) is 5.41 Å². The first kappa shape index (κ1) is 30.8. The highest BCUT2D eigenvalue weighted by atomic mass is 14.7. The van der Waals surface area contributed by atoms with E-state index < -0.39 is 0 Å². The van der Waals surface area contributed by atoms with Gasteiger partial charge in [0.25, 0.3) is 0 Å². The number of hydrogen-bond acceptors (Lipinski definition) is 1. The zero-order valence-electron chi connectivity index (χ0n) is 28.1. The Labute approximate surface area is 291 Å². The van der Waals surface area contributed by atoms with Crippen molar-refractivity contribution >= 4 is 12.4 Å². The van der Waals surface area contributed by atoms with Gasteiger partial charge >= 0.3 is 0 Å². The Morgan fingerprint density at radius 2 is 1.43 bits per heavy atom. The van der Waals surface area contributed by atoms with Crippen LogP contribution in [-0.4, -0.2) is 6.72 Å². The molecule has 0 heterocycles. The molecule has 0 saturated carbocycles. The Morgan fingerprint density at radius 3 is 2.14 bits per heavy atom. The minimum Gasteiger partial charge on any atom is -0.264 e. The van der Waals surface area contributed by atoms with Gasteiger partial charge in [0.05, 0.1) is 11.1 Å². The fourth-order valence-corrected chi connectivity index (χ4v) is 8.03. The molecule has 49 heavy (non-hydrogen) atoms. The third-order valence-electron chi connectivity index (χ3n) is 10.6. The molecular weight excluding hydrogens is 591 g/mol. The van der Waals surface area contributed by atoms with Crippen molar-refractivity contribution in [3.05, 3.63) is 209 Å². The lowest BCUT2D eigenvalue weighted by molar-refractivity contribution is 0.691.